The van der Waals surface area contributed by atoms with E-state index in [4.69, 9.17) is 9.15 Å². The molecule has 0 saturated carbocycles. The van der Waals surface area contributed by atoms with Crippen LogP contribution in [0.25, 0.3) is 0 Å². The zero-order chi connectivity index (χ0) is 18.3. The highest BCUT2D eigenvalue weighted by atomic mass is 32.2. The molecule has 142 valence electrons. The Kier molecular flexibility index (Phi) is 7.46. The van der Waals surface area contributed by atoms with E-state index in [1.165, 1.54) is 35.7 Å². The Bertz CT molecular complexity index is 648. The Labute approximate surface area is 150 Å². The normalized spacial score (nSPS) is 16.9. The predicted octanol–water partition coefficient (Wildman–Crippen LogP) is 2.34. The Balaban J connectivity index is 1.90. The van der Waals surface area contributed by atoms with Gasteiger partial charge in [-0.15, -0.1) is 0 Å². The van der Waals surface area contributed by atoms with Gasteiger partial charge in [-0.25, -0.2) is 13.2 Å². The van der Waals surface area contributed by atoms with Gasteiger partial charge in [0.25, 0.3) is 10.0 Å². The van der Waals surface area contributed by atoms with Crippen molar-refractivity contribution in [1.82, 2.24) is 9.21 Å². The number of nitrogens with zero attached hydrogens (tertiary/aromatic N) is 2. The zero-order valence-corrected chi connectivity index (χ0v) is 15.9. The number of furan rings is 1. The molecular weight excluding hydrogens is 344 g/mol. The quantitative estimate of drug-likeness (QED) is 0.489. The standard InChI is InChI=1S/C17H28N2O5S/c1-3-5-6-7-10-18-11-13-19(14-12-18)25(21,22)16-9-8-15(24-16)17(20)23-4-2/h8-9H,3-7,10-14H2,1-2H3. The lowest BCUT2D eigenvalue weighted by molar-refractivity contribution is 0.0483. The lowest BCUT2D eigenvalue weighted by Gasteiger charge is -2.33. The second kappa shape index (κ2) is 9.35. The van der Waals surface area contributed by atoms with Crippen molar-refractivity contribution in [1.29, 1.82) is 0 Å². The maximum atomic E-state index is 12.6. The minimum absolute atomic E-state index is 0.0880. The Morgan fingerprint density at radius 2 is 1.84 bits per heavy atom. The van der Waals surface area contributed by atoms with E-state index >= 15 is 0 Å². The van der Waals surface area contributed by atoms with Gasteiger partial charge in [0.2, 0.25) is 10.9 Å². The van der Waals surface area contributed by atoms with Gasteiger partial charge in [0.15, 0.2) is 0 Å². The van der Waals surface area contributed by atoms with Crippen LogP contribution in [0, 0.1) is 0 Å². The fourth-order valence-corrected chi connectivity index (χ4v) is 4.19. The minimum Gasteiger partial charge on any atom is -0.460 e. The van der Waals surface area contributed by atoms with Crippen molar-refractivity contribution in [3.8, 4) is 0 Å². The third-order valence-electron chi connectivity index (χ3n) is 4.31. The summed E-state index contributed by atoms with van der Waals surface area (Å²) in [5.41, 5.74) is 0. The fourth-order valence-electron chi connectivity index (χ4n) is 2.85. The molecular formula is C17H28N2O5S. The number of hydrogen-bond acceptors (Lipinski definition) is 6. The van der Waals surface area contributed by atoms with Gasteiger partial charge >= 0.3 is 5.97 Å². The zero-order valence-electron chi connectivity index (χ0n) is 15.1. The van der Waals surface area contributed by atoms with Gasteiger partial charge < -0.3 is 14.1 Å². The van der Waals surface area contributed by atoms with Crippen molar-refractivity contribution in [3.63, 3.8) is 0 Å². The number of carbonyl (C=O) groups excluding carboxylic acids is 1. The summed E-state index contributed by atoms with van der Waals surface area (Å²) in [4.78, 5) is 13.9. The Hall–Kier alpha value is -1.38. The van der Waals surface area contributed by atoms with Crippen molar-refractivity contribution >= 4 is 16.0 Å². The van der Waals surface area contributed by atoms with Gasteiger partial charge in [-0.2, -0.15) is 4.31 Å². The molecule has 7 nitrogen and oxygen atoms in total. The van der Waals surface area contributed by atoms with Crippen LogP contribution in [0.4, 0.5) is 0 Å². The average molecular weight is 372 g/mol. The Morgan fingerprint density at radius 3 is 2.48 bits per heavy atom. The predicted molar refractivity (Wildman–Crippen MR) is 94.0 cm³/mol. The van der Waals surface area contributed by atoms with Gasteiger partial charge in [0, 0.05) is 26.2 Å². The van der Waals surface area contributed by atoms with E-state index in [1.54, 1.807) is 6.92 Å². The van der Waals surface area contributed by atoms with Crippen LogP contribution in [0.5, 0.6) is 0 Å². The van der Waals surface area contributed by atoms with Crippen molar-refractivity contribution in [2.75, 3.05) is 39.3 Å². The minimum atomic E-state index is -3.71. The monoisotopic (exact) mass is 372 g/mol. The number of hydrogen-bond donors (Lipinski definition) is 0. The molecule has 0 bridgehead atoms. The number of rotatable bonds is 9. The summed E-state index contributed by atoms with van der Waals surface area (Å²) in [6.07, 6.45) is 4.83. The van der Waals surface area contributed by atoms with Crippen LogP contribution in [0.2, 0.25) is 0 Å². The average Bonchev–Trinajstić information content (AvgIpc) is 3.10. The fraction of sp³-hybridized carbons (Fsp3) is 0.706. The third-order valence-corrected chi connectivity index (χ3v) is 6.08. The number of unbranched alkanes of at least 4 members (excludes halogenated alkanes) is 3. The maximum Gasteiger partial charge on any atom is 0.374 e. The van der Waals surface area contributed by atoms with Crippen molar-refractivity contribution in [3.05, 3.63) is 17.9 Å². The molecule has 0 atom stereocenters. The highest BCUT2D eigenvalue weighted by Gasteiger charge is 2.31. The third kappa shape index (κ3) is 5.29. The molecule has 0 radical (unpaired) electrons. The second-order valence-corrected chi connectivity index (χ2v) is 8.01. The number of carbonyl (C=O) groups is 1. The maximum absolute atomic E-state index is 12.6. The van der Waals surface area contributed by atoms with Crippen molar-refractivity contribution in [2.24, 2.45) is 0 Å². The van der Waals surface area contributed by atoms with Crippen LogP contribution >= 0.6 is 0 Å². The molecule has 1 fully saturated rings. The van der Waals surface area contributed by atoms with E-state index in [9.17, 15) is 13.2 Å². The summed E-state index contributed by atoms with van der Waals surface area (Å²) in [6, 6.07) is 2.66. The van der Waals surface area contributed by atoms with Gasteiger partial charge in [-0.05, 0) is 32.0 Å². The Morgan fingerprint density at radius 1 is 1.12 bits per heavy atom. The van der Waals surface area contributed by atoms with E-state index in [0.717, 1.165) is 26.1 Å². The topological polar surface area (TPSA) is 80.1 Å². The van der Waals surface area contributed by atoms with Crippen LogP contribution in [0.3, 0.4) is 0 Å². The molecule has 1 aliphatic heterocycles. The van der Waals surface area contributed by atoms with Gasteiger partial charge in [0.1, 0.15) is 0 Å². The summed E-state index contributed by atoms with van der Waals surface area (Å²) >= 11 is 0. The highest BCUT2D eigenvalue weighted by Crippen LogP contribution is 2.21. The first-order chi connectivity index (χ1) is 12.0. The number of ether oxygens (including phenoxy) is 1. The van der Waals surface area contributed by atoms with E-state index in [2.05, 4.69) is 11.8 Å². The first-order valence-corrected chi connectivity index (χ1v) is 10.4. The van der Waals surface area contributed by atoms with Crippen LogP contribution in [0.15, 0.2) is 21.6 Å². The molecule has 1 aliphatic rings. The van der Waals surface area contributed by atoms with Crippen LogP contribution in [-0.2, 0) is 14.8 Å². The van der Waals surface area contributed by atoms with E-state index in [-0.39, 0.29) is 17.5 Å². The number of sulfonamides is 1. The van der Waals surface area contributed by atoms with Gasteiger partial charge in [-0.1, -0.05) is 26.2 Å². The molecule has 0 N–H and O–H groups in total. The van der Waals surface area contributed by atoms with E-state index < -0.39 is 16.0 Å². The number of esters is 1. The summed E-state index contributed by atoms with van der Waals surface area (Å²) in [6.45, 7) is 7.40. The van der Waals surface area contributed by atoms with E-state index in [1.807, 2.05) is 0 Å². The summed E-state index contributed by atoms with van der Waals surface area (Å²) in [5, 5.41) is -0.202. The second-order valence-electron chi connectivity index (χ2n) is 6.15. The lowest BCUT2D eigenvalue weighted by atomic mass is 10.2. The summed E-state index contributed by atoms with van der Waals surface area (Å²) in [5.74, 6) is -0.740. The first kappa shape index (κ1) is 19.9. The van der Waals surface area contributed by atoms with Gasteiger partial charge in [0.05, 0.1) is 6.61 Å². The molecule has 0 amide bonds. The van der Waals surface area contributed by atoms with E-state index in [0.29, 0.717) is 13.1 Å². The van der Waals surface area contributed by atoms with Gasteiger partial charge in [-0.3, -0.25) is 0 Å². The van der Waals surface area contributed by atoms with Crippen molar-refractivity contribution < 1.29 is 22.4 Å². The molecule has 2 heterocycles. The van der Waals surface area contributed by atoms with Crippen LogP contribution in [-0.4, -0.2) is 62.9 Å². The van der Waals surface area contributed by atoms with Crippen LogP contribution in [0.1, 0.15) is 50.1 Å². The summed E-state index contributed by atoms with van der Waals surface area (Å²) < 4.78 is 36.8. The smallest absolute Gasteiger partial charge is 0.374 e. The largest absolute Gasteiger partial charge is 0.460 e. The molecule has 1 aromatic heterocycles. The molecule has 0 aliphatic carbocycles. The lowest BCUT2D eigenvalue weighted by Crippen LogP contribution is -2.48. The SMILES string of the molecule is CCCCCCN1CCN(S(=O)(=O)c2ccc(C(=O)OCC)o2)CC1. The molecule has 0 spiro atoms. The molecule has 2 rings (SSSR count). The molecule has 0 aromatic carbocycles. The first-order valence-electron chi connectivity index (χ1n) is 8.98. The number of piperazine rings is 1. The molecule has 0 unspecified atom stereocenters. The van der Waals surface area contributed by atoms with Crippen LogP contribution < -0.4 is 0 Å². The molecule has 8 heteroatoms. The molecule has 1 saturated heterocycles. The molecule has 25 heavy (non-hydrogen) atoms. The highest BCUT2D eigenvalue weighted by molar-refractivity contribution is 7.89. The summed E-state index contributed by atoms with van der Waals surface area (Å²) in [7, 11) is -3.71. The molecule has 1 aromatic rings. The van der Waals surface area contributed by atoms with Crippen molar-refractivity contribution in [2.45, 2.75) is 44.6 Å².